The molecule has 0 saturated heterocycles. The van der Waals surface area contributed by atoms with Crippen molar-refractivity contribution in [1.82, 2.24) is 9.97 Å². The van der Waals surface area contributed by atoms with Gasteiger partial charge in [-0.05, 0) is 43.5 Å². The van der Waals surface area contributed by atoms with Crippen LogP contribution in [0.5, 0.6) is 0 Å². The summed E-state index contributed by atoms with van der Waals surface area (Å²) in [4.78, 5) is 19.7. The minimum absolute atomic E-state index is 0.0604. The molecule has 0 radical (unpaired) electrons. The van der Waals surface area contributed by atoms with Gasteiger partial charge in [0.2, 0.25) is 0 Å². The number of benzene rings is 1. The highest BCUT2D eigenvalue weighted by atomic mass is 16.1. The second kappa shape index (κ2) is 7.54. The van der Waals surface area contributed by atoms with Gasteiger partial charge in [0.05, 0.1) is 0 Å². The molecule has 2 aromatic rings. The quantitative estimate of drug-likeness (QED) is 0.759. The van der Waals surface area contributed by atoms with E-state index in [4.69, 9.17) is 0 Å². The van der Waals surface area contributed by atoms with Crippen LogP contribution >= 0.6 is 0 Å². The number of aromatic nitrogens is 2. The molecule has 0 bridgehead atoms. The van der Waals surface area contributed by atoms with E-state index in [1.807, 2.05) is 18.2 Å². The van der Waals surface area contributed by atoms with Crippen LogP contribution in [0.1, 0.15) is 37.6 Å². The summed E-state index contributed by atoms with van der Waals surface area (Å²) in [5.41, 5.74) is 1.58. The summed E-state index contributed by atoms with van der Waals surface area (Å²) >= 11 is 0. The van der Waals surface area contributed by atoms with Crippen LogP contribution < -0.4 is 10.6 Å². The molecule has 0 aliphatic rings. The lowest BCUT2D eigenvalue weighted by Crippen LogP contribution is -2.07. The number of carbonyl (C=O) groups is 1. The molecule has 22 heavy (non-hydrogen) atoms. The van der Waals surface area contributed by atoms with Gasteiger partial charge in [-0.25, -0.2) is 9.97 Å². The lowest BCUT2D eigenvalue weighted by molar-refractivity contribution is 0.101. The first kappa shape index (κ1) is 15.9. The SMILES string of the molecule is CC(=O)c1ccc(Nc2cc(NCCC(C)C)ncn2)cc1. The number of nitrogens with zero attached hydrogens (tertiary/aromatic N) is 2. The third-order valence-corrected chi connectivity index (χ3v) is 3.26. The van der Waals surface area contributed by atoms with Crippen LogP contribution in [-0.2, 0) is 0 Å². The minimum atomic E-state index is 0.0604. The minimum Gasteiger partial charge on any atom is -0.370 e. The van der Waals surface area contributed by atoms with E-state index in [-0.39, 0.29) is 5.78 Å². The highest BCUT2D eigenvalue weighted by Crippen LogP contribution is 2.17. The van der Waals surface area contributed by atoms with E-state index in [1.54, 1.807) is 19.1 Å². The summed E-state index contributed by atoms with van der Waals surface area (Å²) < 4.78 is 0. The molecular weight excluding hydrogens is 276 g/mol. The van der Waals surface area contributed by atoms with E-state index in [2.05, 4.69) is 34.4 Å². The van der Waals surface area contributed by atoms with Gasteiger partial charge in [-0.15, -0.1) is 0 Å². The molecule has 5 nitrogen and oxygen atoms in total. The molecule has 1 aromatic carbocycles. The van der Waals surface area contributed by atoms with Gasteiger partial charge in [-0.2, -0.15) is 0 Å². The molecule has 2 rings (SSSR count). The van der Waals surface area contributed by atoms with E-state index in [9.17, 15) is 4.79 Å². The summed E-state index contributed by atoms with van der Waals surface area (Å²) in [7, 11) is 0. The number of hydrogen-bond acceptors (Lipinski definition) is 5. The van der Waals surface area contributed by atoms with E-state index in [1.165, 1.54) is 6.33 Å². The van der Waals surface area contributed by atoms with Crippen molar-refractivity contribution in [1.29, 1.82) is 0 Å². The number of hydrogen-bond donors (Lipinski definition) is 2. The summed E-state index contributed by atoms with van der Waals surface area (Å²) in [6.45, 7) is 6.84. The lowest BCUT2D eigenvalue weighted by Gasteiger charge is -2.10. The average molecular weight is 298 g/mol. The highest BCUT2D eigenvalue weighted by Gasteiger charge is 2.02. The highest BCUT2D eigenvalue weighted by molar-refractivity contribution is 5.94. The van der Waals surface area contributed by atoms with Crippen molar-refractivity contribution in [3.05, 3.63) is 42.2 Å². The Morgan fingerprint density at radius 3 is 2.45 bits per heavy atom. The van der Waals surface area contributed by atoms with Gasteiger partial charge in [0.15, 0.2) is 5.78 Å². The van der Waals surface area contributed by atoms with E-state index >= 15 is 0 Å². The van der Waals surface area contributed by atoms with Crippen LogP contribution in [0.15, 0.2) is 36.7 Å². The third-order valence-electron chi connectivity index (χ3n) is 3.26. The fraction of sp³-hybridized carbons (Fsp3) is 0.353. The molecule has 0 saturated carbocycles. The maximum absolute atomic E-state index is 11.3. The van der Waals surface area contributed by atoms with Crippen molar-refractivity contribution in [2.24, 2.45) is 5.92 Å². The number of Topliss-reactive ketones (excluding diaryl/α,β-unsaturated/α-hetero) is 1. The number of anilines is 3. The Morgan fingerprint density at radius 1 is 1.14 bits per heavy atom. The van der Waals surface area contributed by atoms with Crippen molar-refractivity contribution in [2.75, 3.05) is 17.2 Å². The molecule has 0 atom stereocenters. The van der Waals surface area contributed by atoms with E-state index < -0.39 is 0 Å². The molecular formula is C17H22N4O. The van der Waals surface area contributed by atoms with Crippen molar-refractivity contribution in [3.8, 4) is 0 Å². The van der Waals surface area contributed by atoms with Crippen molar-refractivity contribution in [2.45, 2.75) is 27.2 Å². The summed E-state index contributed by atoms with van der Waals surface area (Å²) in [5, 5.41) is 6.50. The van der Waals surface area contributed by atoms with Gasteiger partial charge in [0.25, 0.3) is 0 Å². The normalized spacial score (nSPS) is 10.5. The molecule has 0 spiro atoms. The van der Waals surface area contributed by atoms with Crippen LogP contribution in [0.25, 0.3) is 0 Å². The Labute approximate surface area is 131 Å². The Bertz CT molecular complexity index is 623. The molecule has 0 amide bonds. The summed E-state index contributed by atoms with van der Waals surface area (Å²) in [5.74, 6) is 2.24. The number of carbonyl (C=O) groups excluding carboxylic acids is 1. The van der Waals surface area contributed by atoms with Crippen LogP contribution in [0.3, 0.4) is 0 Å². The second-order valence-electron chi connectivity index (χ2n) is 5.66. The zero-order valence-corrected chi connectivity index (χ0v) is 13.3. The van der Waals surface area contributed by atoms with Crippen LogP contribution in [0.4, 0.5) is 17.3 Å². The van der Waals surface area contributed by atoms with Crippen molar-refractivity contribution < 1.29 is 4.79 Å². The largest absolute Gasteiger partial charge is 0.370 e. The molecule has 0 aliphatic heterocycles. The molecule has 2 N–H and O–H groups in total. The van der Waals surface area contributed by atoms with Gasteiger partial charge in [0, 0.05) is 23.9 Å². The number of nitrogens with one attached hydrogen (secondary N) is 2. The Kier molecular flexibility index (Phi) is 5.47. The van der Waals surface area contributed by atoms with E-state index in [0.29, 0.717) is 11.5 Å². The molecule has 0 aliphatic carbocycles. The van der Waals surface area contributed by atoms with Gasteiger partial charge in [-0.3, -0.25) is 4.79 Å². The van der Waals surface area contributed by atoms with Crippen LogP contribution in [0, 0.1) is 5.92 Å². The molecule has 116 valence electrons. The van der Waals surface area contributed by atoms with Gasteiger partial charge in [-0.1, -0.05) is 13.8 Å². The molecule has 5 heteroatoms. The average Bonchev–Trinajstić information content (AvgIpc) is 2.48. The van der Waals surface area contributed by atoms with Crippen molar-refractivity contribution >= 4 is 23.1 Å². The number of rotatable bonds is 7. The van der Waals surface area contributed by atoms with Crippen molar-refractivity contribution in [3.63, 3.8) is 0 Å². The monoisotopic (exact) mass is 298 g/mol. The summed E-state index contributed by atoms with van der Waals surface area (Å²) in [6, 6.07) is 9.20. The lowest BCUT2D eigenvalue weighted by atomic mass is 10.1. The molecule has 0 unspecified atom stereocenters. The Balaban J connectivity index is 1.99. The first-order chi connectivity index (χ1) is 10.5. The third kappa shape index (κ3) is 4.84. The van der Waals surface area contributed by atoms with E-state index in [0.717, 1.165) is 30.3 Å². The predicted octanol–water partition coefficient (Wildman–Crippen LogP) is 3.88. The smallest absolute Gasteiger partial charge is 0.159 e. The number of ketones is 1. The first-order valence-corrected chi connectivity index (χ1v) is 7.48. The first-order valence-electron chi connectivity index (χ1n) is 7.48. The summed E-state index contributed by atoms with van der Waals surface area (Å²) in [6.07, 6.45) is 2.63. The Morgan fingerprint density at radius 2 is 1.82 bits per heavy atom. The molecule has 0 fully saturated rings. The van der Waals surface area contributed by atoms with Crippen LogP contribution in [0.2, 0.25) is 0 Å². The van der Waals surface area contributed by atoms with Gasteiger partial charge < -0.3 is 10.6 Å². The predicted molar refractivity (Wildman–Crippen MR) is 89.7 cm³/mol. The molecule has 1 aromatic heterocycles. The fourth-order valence-corrected chi connectivity index (χ4v) is 1.95. The second-order valence-corrected chi connectivity index (χ2v) is 5.66. The van der Waals surface area contributed by atoms with Gasteiger partial charge in [0.1, 0.15) is 18.0 Å². The maximum atomic E-state index is 11.3. The van der Waals surface area contributed by atoms with Gasteiger partial charge >= 0.3 is 0 Å². The van der Waals surface area contributed by atoms with Crippen LogP contribution in [-0.4, -0.2) is 22.3 Å². The standard InChI is InChI=1S/C17H22N4O/c1-12(2)8-9-18-16-10-17(20-11-19-16)21-15-6-4-14(5-7-15)13(3)22/h4-7,10-12H,8-9H2,1-3H3,(H2,18,19,20,21). The fourth-order valence-electron chi connectivity index (χ4n) is 1.95. The molecule has 1 heterocycles. The topological polar surface area (TPSA) is 66.9 Å². The zero-order chi connectivity index (χ0) is 15.9. The Hall–Kier alpha value is -2.43. The maximum Gasteiger partial charge on any atom is 0.159 e. The zero-order valence-electron chi connectivity index (χ0n) is 13.3.